The molecule has 1 aromatic carbocycles. The van der Waals surface area contributed by atoms with E-state index in [1.54, 1.807) is 38.1 Å². The number of carboxylic acids is 1. The first-order chi connectivity index (χ1) is 11.8. The molecule has 1 unspecified atom stereocenters. The summed E-state index contributed by atoms with van der Waals surface area (Å²) in [6.07, 6.45) is 1.14. The number of carboxylic acid groups (broad SMARTS) is 1. The van der Waals surface area contributed by atoms with E-state index in [9.17, 15) is 14.4 Å². The molecule has 0 saturated carbocycles. The van der Waals surface area contributed by atoms with Crippen molar-refractivity contribution in [3.8, 4) is 6.07 Å². The summed E-state index contributed by atoms with van der Waals surface area (Å²) in [6, 6.07) is 6.88. The molecule has 0 radical (unpaired) electrons. The van der Waals surface area contributed by atoms with Gasteiger partial charge in [-0.25, -0.2) is 9.59 Å². The minimum atomic E-state index is -1.18. The number of rotatable bonds is 7. The number of methoxy groups -OCH3 is 1. The van der Waals surface area contributed by atoms with E-state index in [1.807, 2.05) is 0 Å². The molecule has 8 heteroatoms. The minimum Gasteiger partial charge on any atom is -0.480 e. The summed E-state index contributed by atoms with van der Waals surface area (Å²) in [5.74, 6) is -2.85. The lowest BCUT2D eigenvalue weighted by molar-refractivity contribution is -0.142. The molecule has 0 heterocycles. The number of hydrogen-bond donors (Lipinski definition) is 3. The Balaban J connectivity index is 2.90. The van der Waals surface area contributed by atoms with Gasteiger partial charge in [-0.2, -0.15) is 5.26 Å². The lowest BCUT2D eigenvalue weighted by atomic mass is 10.0. The first-order valence-corrected chi connectivity index (χ1v) is 7.39. The van der Waals surface area contributed by atoms with Crippen LogP contribution in [0.1, 0.15) is 24.2 Å². The van der Waals surface area contributed by atoms with Crippen LogP contribution in [0.2, 0.25) is 0 Å². The lowest BCUT2D eigenvalue weighted by Gasteiger charge is -2.17. The molecule has 0 spiro atoms. The average Bonchev–Trinajstić information content (AvgIpc) is 2.59. The largest absolute Gasteiger partial charge is 0.480 e. The van der Waals surface area contributed by atoms with E-state index in [0.717, 1.165) is 6.20 Å². The molecule has 1 atom stereocenters. The fraction of sp³-hybridized carbons (Fsp3) is 0.294. The zero-order valence-corrected chi connectivity index (χ0v) is 14.1. The van der Waals surface area contributed by atoms with Crippen molar-refractivity contribution in [1.29, 1.82) is 5.26 Å². The molecule has 0 aliphatic carbocycles. The van der Waals surface area contributed by atoms with Gasteiger partial charge >= 0.3 is 11.9 Å². The smallest absolute Gasteiger partial charge is 0.337 e. The van der Waals surface area contributed by atoms with E-state index in [1.165, 1.54) is 13.2 Å². The highest BCUT2D eigenvalue weighted by Crippen LogP contribution is 2.12. The number of ether oxygens (including phenoxy) is 1. The molecule has 0 aliphatic heterocycles. The standard InChI is InChI=1S/C17H19N3O5/c1-10(2)14(16(22)23)20-15(21)12(8-18)9-19-13-6-4-5-11(7-13)17(24)25-3/h4-7,9-10,14,19H,1-3H3,(H,20,21)(H,22,23)/b12-9-. The van der Waals surface area contributed by atoms with Crippen LogP contribution in [0, 0.1) is 17.2 Å². The molecule has 0 aromatic heterocycles. The van der Waals surface area contributed by atoms with Gasteiger partial charge in [0.25, 0.3) is 5.91 Å². The maximum Gasteiger partial charge on any atom is 0.337 e. The summed E-state index contributed by atoms with van der Waals surface area (Å²) in [5.41, 5.74) is 0.465. The molecule has 0 aliphatic rings. The third-order valence-corrected chi connectivity index (χ3v) is 3.25. The van der Waals surface area contributed by atoms with Crippen molar-refractivity contribution in [3.05, 3.63) is 41.6 Å². The van der Waals surface area contributed by atoms with Crippen molar-refractivity contribution in [2.75, 3.05) is 12.4 Å². The van der Waals surface area contributed by atoms with E-state index in [-0.39, 0.29) is 11.5 Å². The molecule has 1 aromatic rings. The van der Waals surface area contributed by atoms with Crippen LogP contribution in [-0.2, 0) is 14.3 Å². The second kappa shape index (κ2) is 9.08. The molecule has 8 nitrogen and oxygen atoms in total. The average molecular weight is 345 g/mol. The number of aliphatic carboxylic acids is 1. The third-order valence-electron chi connectivity index (χ3n) is 3.25. The van der Waals surface area contributed by atoms with Crippen LogP contribution in [0.3, 0.4) is 0 Å². The Bertz CT molecular complexity index is 734. The van der Waals surface area contributed by atoms with Crippen LogP contribution in [0.15, 0.2) is 36.0 Å². The second-order valence-electron chi connectivity index (χ2n) is 5.42. The number of nitriles is 1. The van der Waals surface area contributed by atoms with E-state index in [2.05, 4.69) is 15.4 Å². The van der Waals surface area contributed by atoms with E-state index in [0.29, 0.717) is 11.3 Å². The molecule has 1 amide bonds. The molecular weight excluding hydrogens is 326 g/mol. The van der Waals surface area contributed by atoms with Crippen LogP contribution < -0.4 is 10.6 Å². The highest BCUT2D eigenvalue weighted by Gasteiger charge is 2.24. The third kappa shape index (κ3) is 5.66. The van der Waals surface area contributed by atoms with Gasteiger partial charge in [0, 0.05) is 11.9 Å². The number of nitrogens with one attached hydrogen (secondary N) is 2. The number of benzene rings is 1. The Morgan fingerprint density at radius 3 is 2.52 bits per heavy atom. The molecule has 3 N–H and O–H groups in total. The quantitative estimate of drug-likeness (QED) is 0.388. The highest BCUT2D eigenvalue weighted by molar-refractivity contribution is 5.99. The van der Waals surface area contributed by atoms with Gasteiger partial charge in [-0.15, -0.1) is 0 Å². The van der Waals surface area contributed by atoms with Gasteiger partial charge < -0.3 is 20.5 Å². The van der Waals surface area contributed by atoms with Gasteiger partial charge in [0.1, 0.15) is 17.7 Å². The van der Waals surface area contributed by atoms with Crippen molar-refractivity contribution in [2.45, 2.75) is 19.9 Å². The maximum atomic E-state index is 12.1. The van der Waals surface area contributed by atoms with Crippen LogP contribution >= 0.6 is 0 Å². The molecule has 0 fully saturated rings. The number of nitrogens with zero attached hydrogens (tertiary/aromatic N) is 1. The number of amides is 1. The van der Waals surface area contributed by atoms with Gasteiger partial charge in [0.2, 0.25) is 0 Å². The second-order valence-corrected chi connectivity index (χ2v) is 5.42. The number of anilines is 1. The van der Waals surface area contributed by atoms with Crippen LogP contribution in [-0.4, -0.2) is 36.1 Å². The zero-order valence-electron chi connectivity index (χ0n) is 14.1. The van der Waals surface area contributed by atoms with Crippen LogP contribution in [0.5, 0.6) is 0 Å². The van der Waals surface area contributed by atoms with E-state index < -0.39 is 23.9 Å². The molecule has 0 bridgehead atoms. The molecule has 132 valence electrons. The number of carbonyl (C=O) groups excluding carboxylic acids is 2. The van der Waals surface area contributed by atoms with Gasteiger partial charge in [-0.3, -0.25) is 4.79 Å². The first-order valence-electron chi connectivity index (χ1n) is 7.39. The summed E-state index contributed by atoms with van der Waals surface area (Å²) in [6.45, 7) is 3.29. The van der Waals surface area contributed by atoms with E-state index in [4.69, 9.17) is 10.4 Å². The minimum absolute atomic E-state index is 0.296. The Morgan fingerprint density at radius 1 is 1.32 bits per heavy atom. The number of esters is 1. The van der Waals surface area contributed by atoms with Crippen molar-refractivity contribution < 1.29 is 24.2 Å². The summed E-state index contributed by atoms with van der Waals surface area (Å²) in [7, 11) is 1.26. The Kier molecular flexibility index (Phi) is 7.16. The lowest BCUT2D eigenvalue weighted by Crippen LogP contribution is -2.44. The molecule has 0 saturated heterocycles. The van der Waals surface area contributed by atoms with Crippen molar-refractivity contribution in [2.24, 2.45) is 5.92 Å². The van der Waals surface area contributed by atoms with Gasteiger partial charge in [0.15, 0.2) is 0 Å². The van der Waals surface area contributed by atoms with Crippen LogP contribution in [0.4, 0.5) is 5.69 Å². The monoisotopic (exact) mass is 345 g/mol. The highest BCUT2D eigenvalue weighted by atomic mass is 16.5. The zero-order chi connectivity index (χ0) is 19.0. The van der Waals surface area contributed by atoms with Crippen LogP contribution in [0.25, 0.3) is 0 Å². The van der Waals surface area contributed by atoms with Crippen molar-refractivity contribution in [3.63, 3.8) is 0 Å². The first kappa shape index (κ1) is 19.7. The predicted molar refractivity (Wildman–Crippen MR) is 89.5 cm³/mol. The number of hydrogen-bond acceptors (Lipinski definition) is 6. The predicted octanol–water partition coefficient (Wildman–Crippen LogP) is 1.52. The summed E-state index contributed by atoms with van der Waals surface area (Å²) in [5, 5.41) is 23.2. The summed E-state index contributed by atoms with van der Waals surface area (Å²) >= 11 is 0. The van der Waals surface area contributed by atoms with E-state index >= 15 is 0 Å². The molecule has 1 rings (SSSR count). The Hall–Kier alpha value is -3.34. The summed E-state index contributed by atoms with van der Waals surface area (Å²) < 4.78 is 4.61. The van der Waals surface area contributed by atoms with Crippen molar-refractivity contribution >= 4 is 23.5 Å². The Morgan fingerprint density at radius 2 is 2.00 bits per heavy atom. The number of carbonyl (C=O) groups is 3. The fourth-order valence-electron chi connectivity index (χ4n) is 1.89. The van der Waals surface area contributed by atoms with Gasteiger partial charge in [-0.05, 0) is 24.1 Å². The maximum absolute atomic E-state index is 12.1. The van der Waals surface area contributed by atoms with Gasteiger partial charge in [-0.1, -0.05) is 19.9 Å². The SMILES string of the molecule is COC(=O)c1cccc(N/C=C(/C#N)C(=O)NC(C(=O)O)C(C)C)c1. The summed E-state index contributed by atoms with van der Waals surface area (Å²) in [4.78, 5) is 34.7. The van der Waals surface area contributed by atoms with Crippen molar-refractivity contribution in [1.82, 2.24) is 5.32 Å². The molecular formula is C17H19N3O5. The normalized spacial score (nSPS) is 12.0. The Labute approximate surface area is 145 Å². The topological polar surface area (TPSA) is 129 Å². The fourth-order valence-corrected chi connectivity index (χ4v) is 1.89. The van der Waals surface area contributed by atoms with Gasteiger partial charge in [0.05, 0.1) is 12.7 Å². The molecule has 25 heavy (non-hydrogen) atoms.